The molecule has 0 aliphatic carbocycles. The first-order valence-corrected chi connectivity index (χ1v) is 8.39. The SMILES string of the molecule is COc1cc(NC(=O)c2ccc3cc(F)ccc3c2)c(-c2noc(=O)[nH]2)cc1F. The monoisotopic (exact) mass is 397 g/mol. The van der Waals surface area contributed by atoms with Crippen molar-refractivity contribution >= 4 is 22.4 Å². The molecule has 0 spiro atoms. The zero-order valence-corrected chi connectivity index (χ0v) is 15.0. The molecule has 0 atom stereocenters. The van der Waals surface area contributed by atoms with Gasteiger partial charge in [0.25, 0.3) is 5.91 Å². The van der Waals surface area contributed by atoms with E-state index < -0.39 is 17.5 Å². The smallest absolute Gasteiger partial charge is 0.439 e. The molecule has 1 heterocycles. The van der Waals surface area contributed by atoms with E-state index in [1.54, 1.807) is 18.2 Å². The normalized spacial score (nSPS) is 10.9. The van der Waals surface area contributed by atoms with Crippen LogP contribution in [0.2, 0.25) is 0 Å². The fraction of sp³-hybridized carbons (Fsp3) is 0.0500. The van der Waals surface area contributed by atoms with Crippen LogP contribution < -0.4 is 15.8 Å². The minimum absolute atomic E-state index is 0.0548. The van der Waals surface area contributed by atoms with Gasteiger partial charge in [-0.3, -0.25) is 14.3 Å². The van der Waals surface area contributed by atoms with Crippen molar-refractivity contribution < 1.29 is 22.8 Å². The van der Waals surface area contributed by atoms with Crippen molar-refractivity contribution in [1.29, 1.82) is 0 Å². The Labute approximate surface area is 161 Å². The molecule has 3 aromatic carbocycles. The molecular weight excluding hydrogens is 384 g/mol. The molecule has 29 heavy (non-hydrogen) atoms. The third kappa shape index (κ3) is 3.57. The van der Waals surface area contributed by atoms with E-state index in [9.17, 15) is 18.4 Å². The number of nitrogens with zero attached hydrogens (tertiary/aromatic N) is 1. The number of anilines is 1. The van der Waals surface area contributed by atoms with Crippen LogP contribution in [0.25, 0.3) is 22.2 Å². The van der Waals surface area contributed by atoms with Gasteiger partial charge in [-0.2, -0.15) is 0 Å². The summed E-state index contributed by atoms with van der Waals surface area (Å²) in [6.45, 7) is 0. The number of halogens is 2. The van der Waals surface area contributed by atoms with Gasteiger partial charge in [0.15, 0.2) is 17.4 Å². The number of amides is 1. The zero-order chi connectivity index (χ0) is 20.5. The molecule has 0 fully saturated rings. The molecule has 1 aromatic heterocycles. The molecule has 0 saturated carbocycles. The van der Waals surface area contributed by atoms with Crippen LogP contribution in [0.15, 0.2) is 57.8 Å². The molecule has 1 amide bonds. The first-order valence-electron chi connectivity index (χ1n) is 8.39. The Morgan fingerprint density at radius 3 is 2.59 bits per heavy atom. The highest BCUT2D eigenvalue weighted by Gasteiger charge is 2.18. The van der Waals surface area contributed by atoms with Gasteiger partial charge >= 0.3 is 5.76 Å². The van der Waals surface area contributed by atoms with Crippen LogP contribution in [0.4, 0.5) is 14.5 Å². The fourth-order valence-electron chi connectivity index (χ4n) is 2.91. The van der Waals surface area contributed by atoms with E-state index in [1.165, 1.54) is 31.4 Å². The van der Waals surface area contributed by atoms with Crippen LogP contribution in [0, 0.1) is 11.6 Å². The summed E-state index contributed by atoms with van der Waals surface area (Å²) in [6, 6.07) is 11.3. The molecule has 146 valence electrons. The minimum atomic E-state index is -0.824. The quantitative estimate of drug-likeness (QED) is 0.547. The first kappa shape index (κ1) is 18.4. The lowest BCUT2D eigenvalue weighted by Crippen LogP contribution is -2.13. The van der Waals surface area contributed by atoms with Gasteiger partial charge in [0.2, 0.25) is 0 Å². The van der Waals surface area contributed by atoms with Gasteiger partial charge in [-0.25, -0.2) is 13.6 Å². The van der Waals surface area contributed by atoms with E-state index in [2.05, 4.69) is 20.0 Å². The van der Waals surface area contributed by atoms with Crippen molar-refractivity contribution in [3.05, 3.63) is 76.3 Å². The predicted octanol–water partition coefficient (Wildman–Crippen LogP) is 3.72. The largest absolute Gasteiger partial charge is 0.494 e. The number of aromatic amines is 1. The van der Waals surface area contributed by atoms with Crippen molar-refractivity contribution in [2.45, 2.75) is 0 Å². The molecule has 7 nitrogen and oxygen atoms in total. The number of nitrogens with one attached hydrogen (secondary N) is 2. The van der Waals surface area contributed by atoms with E-state index in [-0.39, 0.29) is 28.6 Å². The van der Waals surface area contributed by atoms with Gasteiger partial charge in [-0.15, -0.1) is 0 Å². The summed E-state index contributed by atoms with van der Waals surface area (Å²) in [6.07, 6.45) is 0. The maximum atomic E-state index is 14.2. The van der Waals surface area contributed by atoms with Crippen LogP contribution in [0.1, 0.15) is 10.4 Å². The van der Waals surface area contributed by atoms with Crippen LogP contribution in [0.3, 0.4) is 0 Å². The topological polar surface area (TPSA) is 97.2 Å². The number of aromatic nitrogens is 2. The molecule has 4 rings (SSSR count). The number of rotatable bonds is 4. The minimum Gasteiger partial charge on any atom is -0.494 e. The second kappa shape index (κ2) is 7.19. The summed E-state index contributed by atoms with van der Waals surface area (Å²) in [7, 11) is 1.28. The van der Waals surface area contributed by atoms with E-state index in [1.807, 2.05) is 0 Å². The van der Waals surface area contributed by atoms with Gasteiger partial charge < -0.3 is 10.1 Å². The Bertz CT molecular complexity index is 1300. The Kier molecular flexibility index (Phi) is 4.55. The Balaban J connectivity index is 1.73. The maximum absolute atomic E-state index is 14.2. The summed E-state index contributed by atoms with van der Waals surface area (Å²) >= 11 is 0. The summed E-state index contributed by atoms with van der Waals surface area (Å²) in [5, 5.41) is 7.51. The number of ether oxygens (including phenoxy) is 1. The van der Waals surface area contributed by atoms with Crippen molar-refractivity contribution in [2.75, 3.05) is 12.4 Å². The highest BCUT2D eigenvalue weighted by atomic mass is 19.1. The average molecular weight is 397 g/mol. The molecule has 0 radical (unpaired) electrons. The number of hydrogen-bond donors (Lipinski definition) is 2. The van der Waals surface area contributed by atoms with Gasteiger partial charge in [0.1, 0.15) is 5.82 Å². The van der Waals surface area contributed by atoms with E-state index in [4.69, 9.17) is 4.74 Å². The highest BCUT2D eigenvalue weighted by molar-refractivity contribution is 6.08. The van der Waals surface area contributed by atoms with Crippen LogP contribution in [0.5, 0.6) is 5.75 Å². The number of carbonyl (C=O) groups excluding carboxylic acids is 1. The Morgan fingerprint density at radius 1 is 1.10 bits per heavy atom. The summed E-state index contributed by atoms with van der Waals surface area (Å²) in [5.41, 5.74) is 0.550. The summed E-state index contributed by atoms with van der Waals surface area (Å²) in [5.74, 6) is -2.58. The number of hydrogen-bond acceptors (Lipinski definition) is 5. The maximum Gasteiger partial charge on any atom is 0.439 e. The molecule has 0 aliphatic rings. The van der Waals surface area contributed by atoms with Crippen LogP contribution in [-0.4, -0.2) is 23.2 Å². The van der Waals surface area contributed by atoms with E-state index in [0.29, 0.717) is 16.3 Å². The number of carbonyl (C=O) groups is 1. The fourth-order valence-corrected chi connectivity index (χ4v) is 2.91. The van der Waals surface area contributed by atoms with Gasteiger partial charge in [0.05, 0.1) is 12.8 Å². The van der Waals surface area contributed by atoms with Gasteiger partial charge in [-0.05, 0) is 41.1 Å². The second-order valence-electron chi connectivity index (χ2n) is 6.14. The van der Waals surface area contributed by atoms with E-state index >= 15 is 0 Å². The Morgan fingerprint density at radius 2 is 1.86 bits per heavy atom. The number of benzene rings is 3. The first-order chi connectivity index (χ1) is 13.9. The Hall–Kier alpha value is -4.01. The molecule has 9 heteroatoms. The predicted molar refractivity (Wildman–Crippen MR) is 101 cm³/mol. The van der Waals surface area contributed by atoms with Crippen molar-refractivity contribution in [3.8, 4) is 17.1 Å². The van der Waals surface area contributed by atoms with Crippen molar-refractivity contribution in [1.82, 2.24) is 10.1 Å². The lowest BCUT2D eigenvalue weighted by Gasteiger charge is -2.12. The number of fused-ring (bicyclic) bond motifs is 1. The summed E-state index contributed by atoms with van der Waals surface area (Å²) in [4.78, 5) is 26.3. The molecular formula is C20H13F2N3O4. The van der Waals surface area contributed by atoms with Crippen molar-refractivity contribution in [2.24, 2.45) is 0 Å². The molecule has 4 aromatic rings. The van der Waals surface area contributed by atoms with Crippen LogP contribution >= 0.6 is 0 Å². The van der Waals surface area contributed by atoms with Gasteiger partial charge in [-0.1, -0.05) is 17.3 Å². The highest BCUT2D eigenvalue weighted by Crippen LogP contribution is 2.32. The van der Waals surface area contributed by atoms with Crippen molar-refractivity contribution in [3.63, 3.8) is 0 Å². The average Bonchev–Trinajstić information content (AvgIpc) is 3.14. The molecule has 0 aliphatic heterocycles. The van der Waals surface area contributed by atoms with E-state index in [0.717, 1.165) is 6.07 Å². The number of methoxy groups -OCH3 is 1. The third-order valence-electron chi connectivity index (χ3n) is 4.30. The summed E-state index contributed by atoms with van der Waals surface area (Å²) < 4.78 is 36.9. The third-order valence-corrected chi connectivity index (χ3v) is 4.30. The van der Waals surface area contributed by atoms with Gasteiger partial charge in [0, 0.05) is 17.2 Å². The van der Waals surface area contributed by atoms with Crippen LogP contribution in [-0.2, 0) is 0 Å². The second-order valence-corrected chi connectivity index (χ2v) is 6.14. The number of H-pyrrole nitrogens is 1. The molecule has 0 unspecified atom stereocenters. The molecule has 0 bridgehead atoms. The molecule has 0 saturated heterocycles. The standard InChI is InChI=1S/C20H13F2N3O4/c1-28-17-9-16(14(8-15(17)22)18-24-20(27)29-25-18)23-19(26)12-3-2-11-7-13(21)5-4-10(11)6-12/h2-9H,1H3,(H,23,26)(H,24,25,27). The zero-order valence-electron chi connectivity index (χ0n) is 15.0. The lowest BCUT2D eigenvalue weighted by atomic mass is 10.1. The lowest BCUT2D eigenvalue weighted by molar-refractivity contribution is 0.102. The molecule has 2 N–H and O–H groups in total.